The van der Waals surface area contributed by atoms with Crippen LogP contribution in [0, 0.1) is 11.8 Å². The second kappa shape index (κ2) is 41.5. The van der Waals surface area contributed by atoms with Gasteiger partial charge in [0.15, 0.2) is 0 Å². The first-order valence-electron chi connectivity index (χ1n) is 26.5. The lowest BCUT2D eigenvalue weighted by Crippen LogP contribution is -2.34. The molecule has 1 saturated carbocycles. The molecule has 1 aliphatic rings. The van der Waals surface area contributed by atoms with Crippen LogP contribution in [-0.2, 0) is 14.2 Å². The van der Waals surface area contributed by atoms with E-state index in [9.17, 15) is 4.79 Å². The van der Waals surface area contributed by atoms with E-state index in [1.54, 1.807) is 0 Å². The number of rotatable bonds is 46. The monoisotopic (exact) mass is 820 g/mol. The molecule has 0 aliphatic heterocycles. The molecule has 0 aromatic heterocycles. The van der Waals surface area contributed by atoms with E-state index in [2.05, 4.69) is 39.9 Å². The summed E-state index contributed by atoms with van der Waals surface area (Å²) in [7, 11) is 0. The molecule has 58 heavy (non-hydrogen) atoms. The van der Waals surface area contributed by atoms with Crippen LogP contribution in [0.1, 0.15) is 285 Å². The Kier molecular flexibility index (Phi) is 39.5. The van der Waals surface area contributed by atoms with Crippen LogP contribution in [0.4, 0.5) is 4.79 Å². The van der Waals surface area contributed by atoms with E-state index in [-0.39, 0.29) is 17.8 Å². The van der Waals surface area contributed by atoms with Gasteiger partial charge in [-0.1, -0.05) is 245 Å². The Bertz CT molecular complexity index is 842. The third-order valence-electron chi connectivity index (χ3n) is 13.0. The van der Waals surface area contributed by atoms with Crippen molar-refractivity contribution in [3.05, 3.63) is 0 Å². The number of amides is 1. The van der Waals surface area contributed by atoms with E-state index in [1.165, 1.54) is 218 Å². The van der Waals surface area contributed by atoms with Gasteiger partial charge in [0.2, 0.25) is 0 Å². The molecule has 0 aromatic carbocycles. The molecule has 0 saturated heterocycles. The molecule has 0 spiro atoms. The number of carbonyl (C=O) groups is 1. The summed E-state index contributed by atoms with van der Waals surface area (Å²) in [5, 5.41) is 2.95. The van der Waals surface area contributed by atoms with Gasteiger partial charge in [-0.25, -0.2) is 4.79 Å². The van der Waals surface area contributed by atoms with Crippen molar-refractivity contribution >= 4 is 6.09 Å². The highest BCUT2D eigenvalue weighted by Crippen LogP contribution is 2.31. The fraction of sp³-hybridized carbons (Fsp3) is 0.981. The SMILES string of the molecule is CCCCCCCCCCCCCCCCCCC(COC(=O)NCCC(C)(C)OCCC(C)C)OCCCCCCCCCCCCCCCCCCC1CCC1. The quantitative estimate of drug-likeness (QED) is 0.0622. The molecule has 1 N–H and O–H groups in total. The van der Waals surface area contributed by atoms with Crippen LogP contribution < -0.4 is 5.32 Å². The van der Waals surface area contributed by atoms with Gasteiger partial charge in [0.1, 0.15) is 6.61 Å². The van der Waals surface area contributed by atoms with Crippen LogP contribution >= 0.6 is 0 Å². The molecule has 1 fully saturated rings. The number of carbonyl (C=O) groups excluding carboxylic acids is 1. The maximum atomic E-state index is 12.6. The molecule has 0 radical (unpaired) electrons. The second-order valence-electron chi connectivity index (χ2n) is 19.9. The summed E-state index contributed by atoms with van der Waals surface area (Å²) in [4.78, 5) is 12.6. The lowest BCUT2D eigenvalue weighted by Gasteiger charge is -2.26. The van der Waals surface area contributed by atoms with Crippen LogP contribution in [0.5, 0.6) is 0 Å². The number of nitrogens with one attached hydrogen (secondary N) is 1. The van der Waals surface area contributed by atoms with Crippen LogP contribution in [0.2, 0.25) is 0 Å². The van der Waals surface area contributed by atoms with Gasteiger partial charge in [-0.3, -0.25) is 0 Å². The van der Waals surface area contributed by atoms with Crippen LogP contribution in [0.15, 0.2) is 0 Å². The fourth-order valence-corrected chi connectivity index (χ4v) is 8.50. The Morgan fingerprint density at radius 2 is 1.00 bits per heavy atom. The zero-order valence-electron chi connectivity index (χ0n) is 40.3. The molecule has 1 amide bonds. The summed E-state index contributed by atoms with van der Waals surface area (Å²) in [6.45, 7) is 13.4. The molecule has 1 atom stereocenters. The van der Waals surface area contributed by atoms with E-state index >= 15 is 0 Å². The van der Waals surface area contributed by atoms with Gasteiger partial charge in [-0.2, -0.15) is 0 Å². The van der Waals surface area contributed by atoms with Gasteiger partial charge in [0.25, 0.3) is 0 Å². The lowest BCUT2D eigenvalue weighted by atomic mass is 9.81. The van der Waals surface area contributed by atoms with Crippen LogP contribution in [0.25, 0.3) is 0 Å². The van der Waals surface area contributed by atoms with Crippen molar-refractivity contribution in [3.63, 3.8) is 0 Å². The standard InChI is InChI=1S/C53H105NO4/c1-6-7-8-9-10-11-12-13-14-18-21-24-27-30-33-36-42-51(48-57-52(55)54-45-44-53(4,5)58-47-43-49(2)3)56-46-37-34-31-28-25-22-19-16-15-17-20-23-26-29-32-35-39-50-40-38-41-50/h49-51H,6-48H2,1-5H3,(H,54,55). The summed E-state index contributed by atoms with van der Waals surface area (Å²) >= 11 is 0. The topological polar surface area (TPSA) is 56.8 Å². The number of alkyl carbamates (subject to hydrolysis) is 1. The third kappa shape index (κ3) is 39.3. The molecule has 5 heteroatoms. The highest BCUT2D eigenvalue weighted by Gasteiger charge is 2.19. The van der Waals surface area contributed by atoms with Gasteiger partial charge in [-0.15, -0.1) is 0 Å². The summed E-state index contributed by atoms with van der Waals surface area (Å²) in [6.07, 6.45) is 52.9. The van der Waals surface area contributed by atoms with Crippen molar-refractivity contribution in [2.24, 2.45) is 11.8 Å². The van der Waals surface area contributed by atoms with Crippen molar-refractivity contribution in [3.8, 4) is 0 Å². The van der Waals surface area contributed by atoms with Crippen molar-refractivity contribution in [1.29, 1.82) is 0 Å². The fourth-order valence-electron chi connectivity index (χ4n) is 8.50. The average Bonchev–Trinajstić information content (AvgIpc) is 3.17. The highest BCUT2D eigenvalue weighted by atomic mass is 16.6. The van der Waals surface area contributed by atoms with E-state index in [0.29, 0.717) is 19.1 Å². The molecular formula is C53H105NO4. The minimum Gasteiger partial charge on any atom is -0.447 e. The predicted molar refractivity (Wildman–Crippen MR) is 253 cm³/mol. The zero-order chi connectivity index (χ0) is 42.0. The molecule has 1 unspecified atom stereocenters. The molecular weight excluding hydrogens is 715 g/mol. The Hall–Kier alpha value is -0.810. The zero-order valence-corrected chi connectivity index (χ0v) is 40.3. The first-order valence-corrected chi connectivity index (χ1v) is 26.5. The molecule has 5 nitrogen and oxygen atoms in total. The Morgan fingerprint density at radius 1 is 0.569 bits per heavy atom. The molecule has 0 bridgehead atoms. The number of hydrogen-bond donors (Lipinski definition) is 1. The van der Waals surface area contributed by atoms with E-state index in [1.807, 2.05) is 0 Å². The summed E-state index contributed by atoms with van der Waals surface area (Å²) in [5.74, 6) is 1.73. The lowest BCUT2D eigenvalue weighted by molar-refractivity contribution is -0.0278. The largest absolute Gasteiger partial charge is 0.447 e. The van der Waals surface area contributed by atoms with Crippen molar-refractivity contribution in [2.45, 2.75) is 297 Å². The number of unbranched alkanes of at least 4 members (excludes halogenated alkanes) is 30. The smallest absolute Gasteiger partial charge is 0.407 e. The molecule has 1 aliphatic carbocycles. The van der Waals surface area contributed by atoms with Gasteiger partial charge >= 0.3 is 6.09 Å². The van der Waals surface area contributed by atoms with Gasteiger partial charge in [0, 0.05) is 19.8 Å². The normalized spacial score (nSPS) is 14.0. The van der Waals surface area contributed by atoms with Gasteiger partial charge in [0.05, 0.1) is 11.7 Å². The first kappa shape index (κ1) is 55.2. The summed E-state index contributed by atoms with van der Waals surface area (Å²) in [5.41, 5.74) is -0.256. The summed E-state index contributed by atoms with van der Waals surface area (Å²) in [6, 6.07) is 0. The Balaban J connectivity index is 2.12. The molecule has 0 aromatic rings. The van der Waals surface area contributed by atoms with Crippen molar-refractivity contribution < 1.29 is 19.0 Å². The van der Waals surface area contributed by atoms with E-state index < -0.39 is 0 Å². The predicted octanol–water partition coefficient (Wildman–Crippen LogP) is 17.4. The van der Waals surface area contributed by atoms with E-state index in [0.717, 1.165) is 51.2 Å². The number of ether oxygens (including phenoxy) is 3. The maximum absolute atomic E-state index is 12.6. The Morgan fingerprint density at radius 3 is 1.43 bits per heavy atom. The summed E-state index contributed by atoms with van der Waals surface area (Å²) < 4.78 is 18.1. The minimum absolute atomic E-state index is 0.00481. The maximum Gasteiger partial charge on any atom is 0.407 e. The van der Waals surface area contributed by atoms with Gasteiger partial charge < -0.3 is 19.5 Å². The average molecular weight is 820 g/mol. The van der Waals surface area contributed by atoms with Crippen LogP contribution in [-0.4, -0.2) is 44.2 Å². The van der Waals surface area contributed by atoms with Crippen molar-refractivity contribution in [2.75, 3.05) is 26.4 Å². The molecule has 1 rings (SSSR count). The Labute approximate surface area is 364 Å². The molecule has 0 heterocycles. The second-order valence-corrected chi connectivity index (χ2v) is 19.9. The van der Waals surface area contributed by atoms with Crippen molar-refractivity contribution in [1.82, 2.24) is 5.32 Å². The molecule has 346 valence electrons. The third-order valence-corrected chi connectivity index (χ3v) is 13.0. The number of hydrogen-bond acceptors (Lipinski definition) is 4. The first-order chi connectivity index (χ1) is 28.3. The minimum atomic E-state index is -0.335. The van der Waals surface area contributed by atoms with Crippen LogP contribution in [0.3, 0.4) is 0 Å². The van der Waals surface area contributed by atoms with Gasteiger partial charge in [-0.05, 0) is 51.4 Å². The van der Waals surface area contributed by atoms with E-state index in [4.69, 9.17) is 14.2 Å². The highest BCUT2D eigenvalue weighted by molar-refractivity contribution is 5.67.